The molecule has 0 heterocycles. The van der Waals surface area contributed by atoms with E-state index in [9.17, 15) is 14.4 Å². The van der Waals surface area contributed by atoms with Gasteiger partial charge in [0.1, 0.15) is 17.7 Å². The molecule has 1 aromatic carbocycles. The Morgan fingerprint density at radius 2 is 1.71 bits per heavy atom. The highest BCUT2D eigenvalue weighted by Crippen LogP contribution is 2.34. The summed E-state index contributed by atoms with van der Waals surface area (Å²) in [6, 6.07) is 3.96. The van der Waals surface area contributed by atoms with Gasteiger partial charge in [-0.25, -0.2) is 4.79 Å². The van der Waals surface area contributed by atoms with Crippen molar-refractivity contribution >= 4 is 30.5 Å². The van der Waals surface area contributed by atoms with Crippen LogP contribution in [-0.4, -0.2) is 52.3 Å². The van der Waals surface area contributed by atoms with Crippen LogP contribution in [0.4, 0.5) is 4.79 Å². The van der Waals surface area contributed by atoms with Gasteiger partial charge in [-0.1, -0.05) is 38.5 Å². The molecular weight excluding hydrogens is 462 g/mol. The molecule has 0 fully saturated rings. The monoisotopic (exact) mass is 507 g/mol. The summed E-state index contributed by atoms with van der Waals surface area (Å²) in [5, 5.41) is 5.69. The summed E-state index contributed by atoms with van der Waals surface area (Å²) >= 11 is 4.36. The zero-order chi connectivity index (χ0) is 27.0. The quantitative estimate of drug-likeness (QED) is 0.287. The van der Waals surface area contributed by atoms with Gasteiger partial charge in [0.15, 0.2) is 0 Å². The SMILES string of the molecule is CCCCNC(=O)C(c1cccc(C)c1C)N(C(=O)C(CS)NC(=O)OC(C)(C)C)C(C)(C)CC. The number of thiol groups is 1. The van der Waals surface area contributed by atoms with Crippen LogP contribution in [0.3, 0.4) is 0 Å². The third kappa shape index (κ3) is 8.74. The van der Waals surface area contributed by atoms with Gasteiger partial charge in [-0.15, -0.1) is 0 Å². The van der Waals surface area contributed by atoms with Crippen molar-refractivity contribution in [2.24, 2.45) is 0 Å². The number of ether oxygens (including phenoxy) is 1. The van der Waals surface area contributed by atoms with Crippen LogP contribution in [0.5, 0.6) is 0 Å². The van der Waals surface area contributed by atoms with E-state index in [0.717, 1.165) is 29.5 Å². The summed E-state index contributed by atoms with van der Waals surface area (Å²) < 4.78 is 5.37. The third-order valence-electron chi connectivity index (χ3n) is 6.20. The fraction of sp³-hybridized carbons (Fsp3) is 0.667. The van der Waals surface area contributed by atoms with Gasteiger partial charge in [0.2, 0.25) is 11.8 Å². The van der Waals surface area contributed by atoms with Crippen LogP contribution < -0.4 is 10.6 Å². The molecule has 1 aromatic rings. The molecule has 3 amide bonds. The minimum Gasteiger partial charge on any atom is -0.444 e. The molecule has 198 valence electrons. The van der Waals surface area contributed by atoms with Gasteiger partial charge in [0.25, 0.3) is 0 Å². The molecule has 7 nitrogen and oxygen atoms in total. The van der Waals surface area contributed by atoms with Crippen molar-refractivity contribution in [3.63, 3.8) is 0 Å². The van der Waals surface area contributed by atoms with Crippen LogP contribution in [0.2, 0.25) is 0 Å². The number of benzene rings is 1. The van der Waals surface area contributed by atoms with E-state index in [1.165, 1.54) is 0 Å². The number of rotatable bonds is 11. The van der Waals surface area contributed by atoms with E-state index < -0.39 is 29.3 Å². The molecular formula is C27H45N3O4S. The van der Waals surface area contributed by atoms with Crippen molar-refractivity contribution in [2.45, 2.75) is 105 Å². The second-order valence-corrected chi connectivity index (χ2v) is 11.0. The smallest absolute Gasteiger partial charge is 0.408 e. The van der Waals surface area contributed by atoms with Gasteiger partial charge in [0, 0.05) is 17.8 Å². The van der Waals surface area contributed by atoms with Gasteiger partial charge in [-0.05, 0) is 78.0 Å². The molecule has 0 aliphatic rings. The first-order valence-electron chi connectivity index (χ1n) is 12.5. The molecule has 8 heteroatoms. The Bertz CT molecular complexity index is 880. The lowest BCUT2D eigenvalue weighted by atomic mass is 9.89. The average molecular weight is 508 g/mol. The molecule has 0 bridgehead atoms. The first kappa shape index (κ1) is 30.8. The molecule has 0 aromatic heterocycles. The van der Waals surface area contributed by atoms with Crippen LogP contribution in [0.15, 0.2) is 18.2 Å². The summed E-state index contributed by atoms with van der Waals surface area (Å²) in [6.07, 6.45) is 1.69. The van der Waals surface area contributed by atoms with Crippen LogP contribution in [0.25, 0.3) is 0 Å². The second-order valence-electron chi connectivity index (χ2n) is 10.6. The maximum Gasteiger partial charge on any atom is 0.408 e. The first-order chi connectivity index (χ1) is 16.2. The van der Waals surface area contributed by atoms with Crippen molar-refractivity contribution in [1.29, 1.82) is 0 Å². The van der Waals surface area contributed by atoms with Gasteiger partial charge < -0.3 is 20.3 Å². The van der Waals surface area contributed by atoms with E-state index in [2.05, 4.69) is 30.2 Å². The van der Waals surface area contributed by atoms with Crippen LogP contribution in [-0.2, 0) is 14.3 Å². The number of hydrogen-bond donors (Lipinski definition) is 3. The topological polar surface area (TPSA) is 87.7 Å². The van der Waals surface area contributed by atoms with Crippen molar-refractivity contribution in [2.75, 3.05) is 12.3 Å². The maximum atomic E-state index is 14.1. The van der Waals surface area contributed by atoms with E-state index in [0.29, 0.717) is 13.0 Å². The summed E-state index contributed by atoms with van der Waals surface area (Å²) in [6.45, 7) is 17.7. The Kier molecular flexibility index (Phi) is 11.6. The van der Waals surface area contributed by atoms with Crippen LogP contribution >= 0.6 is 12.6 Å². The Morgan fingerprint density at radius 3 is 2.23 bits per heavy atom. The Morgan fingerprint density at radius 1 is 1.09 bits per heavy atom. The Hall–Kier alpha value is -2.22. The summed E-state index contributed by atoms with van der Waals surface area (Å²) in [4.78, 5) is 41.9. The fourth-order valence-corrected chi connectivity index (χ4v) is 3.95. The third-order valence-corrected chi connectivity index (χ3v) is 6.57. The van der Waals surface area contributed by atoms with E-state index in [1.807, 2.05) is 52.8 Å². The molecule has 0 aliphatic heterocycles. The van der Waals surface area contributed by atoms with Crippen molar-refractivity contribution in [3.8, 4) is 0 Å². The standard InChI is InChI=1S/C27H45N3O4S/c1-10-12-16-28-23(31)22(20-15-13-14-18(3)19(20)4)30(27(8,9)11-2)24(32)21(17-35)29-25(33)34-26(5,6)7/h13-15,21-22,35H,10-12,16-17H2,1-9H3,(H,28,31)(H,29,33). The van der Waals surface area contributed by atoms with Gasteiger partial charge in [-0.3, -0.25) is 9.59 Å². The van der Waals surface area contributed by atoms with Crippen molar-refractivity contribution < 1.29 is 19.1 Å². The number of alkyl carbamates (subject to hydrolysis) is 1. The number of amides is 3. The number of aryl methyl sites for hydroxylation is 1. The van der Waals surface area contributed by atoms with Crippen molar-refractivity contribution in [1.82, 2.24) is 15.5 Å². The van der Waals surface area contributed by atoms with E-state index >= 15 is 0 Å². The van der Waals surface area contributed by atoms with Gasteiger partial charge in [0.05, 0.1) is 0 Å². The molecule has 0 aliphatic carbocycles. The summed E-state index contributed by atoms with van der Waals surface area (Å²) in [5.41, 5.74) is 1.36. The highest BCUT2D eigenvalue weighted by molar-refractivity contribution is 7.80. The lowest BCUT2D eigenvalue weighted by Gasteiger charge is -2.45. The predicted octanol–water partition coefficient (Wildman–Crippen LogP) is 5.10. The lowest BCUT2D eigenvalue weighted by molar-refractivity contribution is -0.148. The summed E-state index contributed by atoms with van der Waals surface area (Å²) in [5.74, 6) is -0.558. The van der Waals surface area contributed by atoms with E-state index in [-0.39, 0.29) is 17.6 Å². The fourth-order valence-electron chi connectivity index (χ4n) is 3.70. The van der Waals surface area contributed by atoms with Crippen LogP contribution in [0, 0.1) is 13.8 Å². The normalized spacial score (nSPS) is 13.5. The Balaban J connectivity index is 3.58. The molecule has 0 saturated heterocycles. The first-order valence-corrected chi connectivity index (χ1v) is 13.1. The average Bonchev–Trinajstić information content (AvgIpc) is 2.76. The van der Waals surface area contributed by atoms with Crippen molar-refractivity contribution in [3.05, 3.63) is 34.9 Å². The highest BCUT2D eigenvalue weighted by atomic mass is 32.1. The van der Waals surface area contributed by atoms with E-state index in [4.69, 9.17) is 4.74 Å². The maximum absolute atomic E-state index is 14.1. The van der Waals surface area contributed by atoms with Crippen LogP contribution in [0.1, 0.15) is 90.5 Å². The van der Waals surface area contributed by atoms with E-state index in [1.54, 1.807) is 25.7 Å². The molecule has 2 atom stereocenters. The van der Waals surface area contributed by atoms with Gasteiger partial charge >= 0.3 is 6.09 Å². The molecule has 2 N–H and O–H groups in total. The molecule has 1 rings (SSSR count). The number of carbonyl (C=O) groups excluding carboxylic acids is 3. The molecule has 0 saturated carbocycles. The second kappa shape index (κ2) is 13.2. The largest absolute Gasteiger partial charge is 0.444 e. The van der Waals surface area contributed by atoms with Gasteiger partial charge in [-0.2, -0.15) is 12.6 Å². The highest BCUT2D eigenvalue weighted by Gasteiger charge is 2.43. The number of nitrogens with zero attached hydrogens (tertiary/aromatic N) is 1. The number of unbranched alkanes of at least 4 members (excludes halogenated alkanes) is 1. The lowest BCUT2D eigenvalue weighted by Crippen LogP contribution is -2.60. The molecule has 35 heavy (non-hydrogen) atoms. The molecule has 0 radical (unpaired) electrons. The molecule has 2 unspecified atom stereocenters. The minimum atomic E-state index is -0.963. The number of carbonyl (C=O) groups is 3. The number of hydrogen-bond acceptors (Lipinski definition) is 5. The minimum absolute atomic E-state index is 0.0609. The zero-order valence-electron chi connectivity index (χ0n) is 22.9. The Labute approximate surface area is 217 Å². The summed E-state index contributed by atoms with van der Waals surface area (Å²) in [7, 11) is 0. The molecule has 0 spiro atoms. The predicted molar refractivity (Wildman–Crippen MR) is 145 cm³/mol. The number of nitrogens with one attached hydrogen (secondary N) is 2. The zero-order valence-corrected chi connectivity index (χ0v) is 23.8.